The number of alkyl halides is 3. The summed E-state index contributed by atoms with van der Waals surface area (Å²) in [6, 6.07) is 1.41. The van der Waals surface area contributed by atoms with E-state index in [2.05, 4.69) is 9.98 Å². The van der Waals surface area contributed by atoms with Crippen LogP contribution in [0.5, 0.6) is 0 Å². The second kappa shape index (κ2) is 5.58. The highest BCUT2D eigenvalue weighted by atomic mass is 19.4. The van der Waals surface area contributed by atoms with Crippen molar-refractivity contribution in [3.05, 3.63) is 29.6 Å². The van der Waals surface area contributed by atoms with E-state index in [4.69, 9.17) is 4.74 Å². The summed E-state index contributed by atoms with van der Waals surface area (Å²) >= 11 is 0. The van der Waals surface area contributed by atoms with Crippen LogP contribution in [0.15, 0.2) is 23.3 Å². The second-order valence-electron chi connectivity index (χ2n) is 5.26. The Morgan fingerprint density at radius 2 is 2.00 bits per heavy atom. The third-order valence-electron chi connectivity index (χ3n) is 3.79. The molecule has 1 aromatic rings. The smallest absolute Gasteiger partial charge is 0.433 e. The summed E-state index contributed by atoms with van der Waals surface area (Å²) in [5.74, 6) is -0.156. The van der Waals surface area contributed by atoms with E-state index in [1.54, 1.807) is 4.90 Å². The van der Waals surface area contributed by atoms with Crippen LogP contribution in [0.4, 0.5) is 13.2 Å². The van der Waals surface area contributed by atoms with Gasteiger partial charge in [0, 0.05) is 24.8 Å². The highest BCUT2D eigenvalue weighted by Gasteiger charge is 2.38. The number of rotatable bonds is 2. The lowest BCUT2D eigenvalue weighted by Crippen LogP contribution is -2.38. The molecule has 0 aliphatic carbocycles. The molecule has 2 aliphatic heterocycles. The Morgan fingerprint density at radius 1 is 1.27 bits per heavy atom. The van der Waals surface area contributed by atoms with Gasteiger partial charge in [-0.2, -0.15) is 13.2 Å². The lowest BCUT2D eigenvalue weighted by Gasteiger charge is -2.22. The fraction of sp³-hybridized carbons (Fsp3) is 0.500. The van der Waals surface area contributed by atoms with Crippen LogP contribution in [0.3, 0.4) is 0 Å². The Kier molecular flexibility index (Phi) is 3.76. The molecule has 1 aromatic heterocycles. The molecule has 0 radical (unpaired) electrons. The minimum absolute atomic E-state index is 0.156. The SMILES string of the molecule is O=C(C1N=COC1c1ccc(C(F)(F)F)nc1)N1CCCC1. The number of hydrogen-bond donors (Lipinski definition) is 0. The van der Waals surface area contributed by atoms with Crippen molar-refractivity contribution in [3.63, 3.8) is 0 Å². The molecule has 22 heavy (non-hydrogen) atoms. The zero-order chi connectivity index (χ0) is 15.7. The molecule has 1 fully saturated rings. The topological polar surface area (TPSA) is 54.8 Å². The second-order valence-corrected chi connectivity index (χ2v) is 5.26. The van der Waals surface area contributed by atoms with Gasteiger partial charge < -0.3 is 9.64 Å². The molecule has 2 unspecified atom stereocenters. The van der Waals surface area contributed by atoms with E-state index in [9.17, 15) is 18.0 Å². The maximum absolute atomic E-state index is 12.5. The van der Waals surface area contributed by atoms with E-state index >= 15 is 0 Å². The minimum Gasteiger partial charge on any atom is -0.473 e. The lowest BCUT2D eigenvalue weighted by molar-refractivity contribution is -0.141. The maximum atomic E-state index is 12.5. The van der Waals surface area contributed by atoms with Crippen LogP contribution < -0.4 is 0 Å². The molecular formula is C14H14F3N3O2. The lowest BCUT2D eigenvalue weighted by atomic mass is 10.0. The van der Waals surface area contributed by atoms with Crippen LogP contribution >= 0.6 is 0 Å². The molecule has 3 heterocycles. The predicted octanol–water partition coefficient (Wildman–Crippen LogP) is 2.19. The first-order valence-electron chi connectivity index (χ1n) is 6.96. The van der Waals surface area contributed by atoms with Gasteiger partial charge in [0.15, 0.2) is 18.5 Å². The van der Waals surface area contributed by atoms with Gasteiger partial charge in [-0.1, -0.05) is 6.07 Å². The summed E-state index contributed by atoms with van der Waals surface area (Å²) in [5.41, 5.74) is -0.569. The van der Waals surface area contributed by atoms with Crippen LogP contribution in [0.1, 0.15) is 30.2 Å². The third-order valence-corrected chi connectivity index (χ3v) is 3.79. The molecule has 0 spiro atoms. The number of carbonyl (C=O) groups is 1. The van der Waals surface area contributed by atoms with Crippen LogP contribution in [0, 0.1) is 0 Å². The molecule has 2 aliphatic rings. The number of hydrogen-bond acceptors (Lipinski definition) is 4. The van der Waals surface area contributed by atoms with Crippen LogP contribution in [0.25, 0.3) is 0 Å². The van der Waals surface area contributed by atoms with E-state index in [-0.39, 0.29) is 5.91 Å². The van der Waals surface area contributed by atoms with Gasteiger partial charge in [0.1, 0.15) is 5.69 Å². The molecule has 1 amide bonds. The number of pyridine rings is 1. The van der Waals surface area contributed by atoms with Gasteiger partial charge in [-0.05, 0) is 18.9 Å². The summed E-state index contributed by atoms with van der Waals surface area (Å²) < 4.78 is 42.9. The molecule has 118 valence electrons. The van der Waals surface area contributed by atoms with Crippen molar-refractivity contribution < 1.29 is 22.7 Å². The summed E-state index contributed by atoms with van der Waals surface area (Å²) in [5, 5.41) is 0. The van der Waals surface area contributed by atoms with Crippen molar-refractivity contribution in [1.29, 1.82) is 0 Å². The fourth-order valence-corrected chi connectivity index (χ4v) is 2.64. The van der Waals surface area contributed by atoms with E-state index in [1.807, 2.05) is 0 Å². The number of carbonyl (C=O) groups excluding carboxylic acids is 1. The Balaban J connectivity index is 1.77. The first kappa shape index (κ1) is 14.8. The molecule has 2 atom stereocenters. The molecule has 1 saturated heterocycles. The summed E-state index contributed by atoms with van der Waals surface area (Å²) in [6.07, 6.45) is -1.03. The normalized spacial score (nSPS) is 24.6. The number of aromatic nitrogens is 1. The largest absolute Gasteiger partial charge is 0.473 e. The summed E-state index contributed by atoms with van der Waals surface area (Å²) in [6.45, 7) is 1.37. The van der Waals surface area contributed by atoms with Gasteiger partial charge in [-0.15, -0.1) is 0 Å². The summed E-state index contributed by atoms with van der Waals surface area (Å²) in [7, 11) is 0. The first-order chi connectivity index (χ1) is 10.5. The number of halogens is 3. The minimum atomic E-state index is -4.49. The molecule has 3 rings (SSSR count). The highest BCUT2D eigenvalue weighted by Crippen LogP contribution is 2.31. The van der Waals surface area contributed by atoms with Crippen LogP contribution in [-0.4, -0.2) is 41.3 Å². The van der Waals surface area contributed by atoms with Gasteiger partial charge in [-0.25, -0.2) is 4.99 Å². The Hall–Kier alpha value is -2.12. The zero-order valence-electron chi connectivity index (χ0n) is 11.6. The molecule has 0 N–H and O–H groups in total. The fourth-order valence-electron chi connectivity index (χ4n) is 2.64. The number of likely N-dealkylation sites (tertiary alicyclic amines) is 1. The standard InChI is InChI=1S/C14H14F3N3O2/c15-14(16,17)10-4-3-9(7-18-10)12-11(19-8-22-12)13(21)20-5-1-2-6-20/h3-4,7-8,11-12H,1-2,5-6H2. The quantitative estimate of drug-likeness (QED) is 0.841. The Morgan fingerprint density at radius 3 is 2.59 bits per heavy atom. The molecule has 0 bridgehead atoms. The molecule has 5 nitrogen and oxygen atoms in total. The Bertz CT molecular complexity index is 580. The van der Waals surface area contributed by atoms with Gasteiger partial charge in [0.05, 0.1) is 0 Å². The highest BCUT2D eigenvalue weighted by molar-refractivity contribution is 5.85. The van der Waals surface area contributed by atoms with Crippen molar-refractivity contribution >= 4 is 12.3 Å². The zero-order valence-corrected chi connectivity index (χ0v) is 11.6. The van der Waals surface area contributed by atoms with Gasteiger partial charge >= 0.3 is 6.18 Å². The van der Waals surface area contributed by atoms with Crippen LogP contribution in [-0.2, 0) is 15.7 Å². The van der Waals surface area contributed by atoms with E-state index in [0.717, 1.165) is 25.1 Å². The third kappa shape index (κ3) is 2.77. The van der Waals surface area contributed by atoms with E-state index in [1.165, 1.54) is 12.5 Å². The maximum Gasteiger partial charge on any atom is 0.433 e. The van der Waals surface area contributed by atoms with Gasteiger partial charge in [0.25, 0.3) is 5.91 Å². The average molecular weight is 313 g/mol. The number of aliphatic imine (C=N–C) groups is 1. The monoisotopic (exact) mass is 313 g/mol. The average Bonchev–Trinajstić information content (AvgIpc) is 3.17. The van der Waals surface area contributed by atoms with Gasteiger partial charge in [0.2, 0.25) is 0 Å². The first-order valence-corrected chi connectivity index (χ1v) is 6.96. The van der Waals surface area contributed by atoms with E-state index < -0.39 is 24.0 Å². The van der Waals surface area contributed by atoms with Gasteiger partial charge in [-0.3, -0.25) is 9.78 Å². The molecule has 0 aromatic carbocycles. The van der Waals surface area contributed by atoms with Crippen molar-refractivity contribution in [2.45, 2.75) is 31.2 Å². The Labute approximate surface area is 124 Å². The molecular weight excluding hydrogens is 299 g/mol. The van der Waals surface area contributed by atoms with Crippen molar-refractivity contribution in [3.8, 4) is 0 Å². The van der Waals surface area contributed by atoms with Crippen molar-refractivity contribution in [2.75, 3.05) is 13.1 Å². The number of nitrogens with zero attached hydrogens (tertiary/aromatic N) is 3. The van der Waals surface area contributed by atoms with E-state index in [0.29, 0.717) is 18.7 Å². The van der Waals surface area contributed by atoms with Crippen molar-refractivity contribution in [2.24, 2.45) is 4.99 Å². The summed E-state index contributed by atoms with van der Waals surface area (Å²) in [4.78, 5) is 21.5. The number of ether oxygens (including phenoxy) is 1. The number of amides is 1. The molecule has 8 heteroatoms. The van der Waals surface area contributed by atoms with Crippen molar-refractivity contribution in [1.82, 2.24) is 9.88 Å². The predicted molar refractivity (Wildman–Crippen MR) is 71.2 cm³/mol. The molecule has 0 saturated carbocycles. The van der Waals surface area contributed by atoms with Crippen LogP contribution in [0.2, 0.25) is 0 Å².